The minimum Gasteiger partial charge on any atom is -0.467 e. The molecule has 1 atom stereocenters. The molecule has 0 aliphatic heterocycles. The maximum Gasteiger partial charge on any atom is 0.327 e. The number of ether oxygens (including phenoxy) is 1. The van der Waals surface area contributed by atoms with Crippen LogP contribution in [0.1, 0.15) is 6.92 Å². The van der Waals surface area contributed by atoms with E-state index in [1.165, 1.54) is 25.3 Å². The van der Waals surface area contributed by atoms with Crippen molar-refractivity contribution >= 4 is 21.8 Å². The number of esters is 1. The molecule has 0 bridgehead atoms. The Morgan fingerprint density at radius 3 is 2.65 bits per heavy atom. The zero-order valence-electron chi connectivity index (χ0n) is 9.38. The van der Waals surface area contributed by atoms with E-state index in [0.29, 0.717) is 5.69 Å². The zero-order chi connectivity index (χ0) is 13.1. The number of anilines is 1. The van der Waals surface area contributed by atoms with Crippen LogP contribution in [0.2, 0.25) is 0 Å². The van der Waals surface area contributed by atoms with Crippen molar-refractivity contribution in [1.29, 1.82) is 0 Å². The Morgan fingerprint density at radius 1 is 1.47 bits per heavy atom. The summed E-state index contributed by atoms with van der Waals surface area (Å²) in [7, 11) is -2.98. The number of methoxy groups -OCH3 is 1. The highest BCUT2D eigenvalue weighted by molar-refractivity contribution is 7.85. The summed E-state index contributed by atoms with van der Waals surface area (Å²) in [4.78, 5) is 10.9. The Bertz CT molecular complexity index is 511. The van der Waals surface area contributed by atoms with Gasteiger partial charge in [0.05, 0.1) is 12.0 Å². The van der Waals surface area contributed by atoms with E-state index in [1.54, 1.807) is 13.0 Å². The molecule has 0 radical (unpaired) electrons. The third-order valence-electron chi connectivity index (χ3n) is 2.07. The molecule has 0 aliphatic carbocycles. The first kappa shape index (κ1) is 13.5. The molecular formula is C10H13NO5S. The van der Waals surface area contributed by atoms with Crippen LogP contribution in [-0.4, -0.2) is 32.1 Å². The number of hydrogen-bond acceptors (Lipinski definition) is 5. The Hall–Kier alpha value is -1.60. The van der Waals surface area contributed by atoms with Gasteiger partial charge in [0.2, 0.25) is 0 Å². The lowest BCUT2D eigenvalue weighted by molar-refractivity contribution is -0.141. The first-order valence-electron chi connectivity index (χ1n) is 4.76. The fourth-order valence-electron chi connectivity index (χ4n) is 1.23. The summed E-state index contributed by atoms with van der Waals surface area (Å²) in [6, 6.07) is 4.90. The van der Waals surface area contributed by atoms with E-state index in [4.69, 9.17) is 4.55 Å². The summed E-state index contributed by atoms with van der Waals surface area (Å²) in [6.45, 7) is 1.58. The molecule has 0 saturated heterocycles. The molecule has 1 rings (SSSR count). The summed E-state index contributed by atoms with van der Waals surface area (Å²) in [6.07, 6.45) is 0. The second-order valence-electron chi connectivity index (χ2n) is 3.39. The molecule has 0 fully saturated rings. The molecule has 0 spiro atoms. The molecule has 0 aliphatic rings. The molecule has 1 unspecified atom stereocenters. The number of nitrogens with one attached hydrogen (secondary N) is 1. The van der Waals surface area contributed by atoms with Crippen LogP contribution in [0, 0.1) is 0 Å². The fraction of sp³-hybridized carbons (Fsp3) is 0.300. The van der Waals surface area contributed by atoms with E-state index in [9.17, 15) is 13.2 Å². The average Bonchev–Trinajstić information content (AvgIpc) is 2.27. The monoisotopic (exact) mass is 259 g/mol. The maximum absolute atomic E-state index is 11.1. The number of carbonyl (C=O) groups excluding carboxylic acids is 1. The van der Waals surface area contributed by atoms with E-state index in [2.05, 4.69) is 10.1 Å². The zero-order valence-corrected chi connectivity index (χ0v) is 10.2. The van der Waals surface area contributed by atoms with E-state index in [1.807, 2.05) is 0 Å². The van der Waals surface area contributed by atoms with Crippen LogP contribution >= 0.6 is 0 Å². The Balaban J connectivity index is 2.90. The fourth-order valence-corrected chi connectivity index (χ4v) is 1.76. The van der Waals surface area contributed by atoms with Crippen LogP contribution in [0.25, 0.3) is 0 Å². The number of rotatable bonds is 4. The van der Waals surface area contributed by atoms with Crippen molar-refractivity contribution in [2.45, 2.75) is 17.9 Å². The van der Waals surface area contributed by atoms with E-state index in [-0.39, 0.29) is 4.90 Å². The highest BCUT2D eigenvalue weighted by Gasteiger charge is 2.14. The van der Waals surface area contributed by atoms with Crippen LogP contribution in [0.4, 0.5) is 5.69 Å². The largest absolute Gasteiger partial charge is 0.467 e. The molecule has 7 heteroatoms. The second-order valence-corrected chi connectivity index (χ2v) is 4.81. The molecule has 0 heterocycles. The normalized spacial score (nSPS) is 12.9. The van der Waals surface area contributed by atoms with Gasteiger partial charge in [0.1, 0.15) is 6.04 Å². The number of hydrogen-bond donors (Lipinski definition) is 2. The third kappa shape index (κ3) is 3.72. The van der Waals surface area contributed by atoms with Gasteiger partial charge in [-0.05, 0) is 25.1 Å². The SMILES string of the molecule is COC(=O)C(C)Nc1cccc(S(=O)(=O)O)c1. The Kier molecular flexibility index (Phi) is 4.08. The van der Waals surface area contributed by atoms with Crippen molar-refractivity contribution in [2.75, 3.05) is 12.4 Å². The van der Waals surface area contributed by atoms with Gasteiger partial charge in [0.15, 0.2) is 0 Å². The average molecular weight is 259 g/mol. The van der Waals surface area contributed by atoms with Crippen LogP contribution in [-0.2, 0) is 19.6 Å². The molecule has 1 aromatic rings. The highest BCUT2D eigenvalue weighted by Crippen LogP contribution is 2.16. The molecule has 2 N–H and O–H groups in total. The standard InChI is InChI=1S/C10H13NO5S/c1-7(10(12)16-2)11-8-4-3-5-9(6-8)17(13,14)15/h3-7,11H,1-2H3,(H,13,14,15). The van der Waals surface area contributed by atoms with E-state index >= 15 is 0 Å². The van der Waals surface area contributed by atoms with Crippen molar-refractivity contribution in [3.8, 4) is 0 Å². The molecule has 94 valence electrons. The third-order valence-corrected chi connectivity index (χ3v) is 2.92. The molecule has 17 heavy (non-hydrogen) atoms. The van der Waals surface area contributed by atoms with Crippen LogP contribution < -0.4 is 5.32 Å². The quantitative estimate of drug-likeness (QED) is 0.616. The van der Waals surface area contributed by atoms with Gasteiger partial charge in [0.25, 0.3) is 10.1 Å². The van der Waals surface area contributed by atoms with Crippen LogP contribution in [0.5, 0.6) is 0 Å². The van der Waals surface area contributed by atoms with Gasteiger partial charge in [-0.1, -0.05) is 6.07 Å². The summed E-state index contributed by atoms with van der Waals surface area (Å²) in [5, 5.41) is 2.75. The van der Waals surface area contributed by atoms with Gasteiger partial charge in [0, 0.05) is 5.69 Å². The van der Waals surface area contributed by atoms with Crippen molar-refractivity contribution in [3.05, 3.63) is 24.3 Å². The molecule has 1 aromatic carbocycles. The first-order valence-corrected chi connectivity index (χ1v) is 6.20. The van der Waals surface area contributed by atoms with Gasteiger partial charge < -0.3 is 10.1 Å². The van der Waals surface area contributed by atoms with Gasteiger partial charge in [-0.15, -0.1) is 0 Å². The van der Waals surface area contributed by atoms with Crippen LogP contribution in [0.3, 0.4) is 0 Å². The Labute approximate surface area is 99.3 Å². The van der Waals surface area contributed by atoms with Crippen molar-refractivity contribution in [3.63, 3.8) is 0 Å². The summed E-state index contributed by atoms with van der Waals surface area (Å²) < 4.78 is 35.2. The topological polar surface area (TPSA) is 92.7 Å². The first-order chi connectivity index (χ1) is 7.84. The summed E-state index contributed by atoms with van der Waals surface area (Å²) in [5.74, 6) is -0.470. The van der Waals surface area contributed by atoms with Gasteiger partial charge in [-0.2, -0.15) is 8.42 Å². The molecule has 6 nitrogen and oxygen atoms in total. The summed E-state index contributed by atoms with van der Waals surface area (Å²) >= 11 is 0. The van der Waals surface area contributed by atoms with Gasteiger partial charge in [-0.3, -0.25) is 4.55 Å². The van der Waals surface area contributed by atoms with Crippen molar-refractivity contribution in [2.24, 2.45) is 0 Å². The molecular weight excluding hydrogens is 246 g/mol. The lowest BCUT2D eigenvalue weighted by atomic mass is 10.2. The number of benzene rings is 1. The summed E-state index contributed by atoms with van der Waals surface area (Å²) in [5.41, 5.74) is 0.401. The lowest BCUT2D eigenvalue weighted by Crippen LogP contribution is -2.27. The maximum atomic E-state index is 11.1. The predicted octanol–water partition coefficient (Wildman–Crippen LogP) is 0.907. The van der Waals surface area contributed by atoms with E-state index < -0.39 is 22.1 Å². The van der Waals surface area contributed by atoms with Gasteiger partial charge >= 0.3 is 5.97 Å². The number of carbonyl (C=O) groups is 1. The minimum absolute atomic E-state index is 0.237. The Morgan fingerprint density at radius 2 is 2.12 bits per heavy atom. The second kappa shape index (κ2) is 5.15. The predicted molar refractivity (Wildman–Crippen MR) is 61.4 cm³/mol. The van der Waals surface area contributed by atoms with Gasteiger partial charge in [-0.25, -0.2) is 4.79 Å². The lowest BCUT2D eigenvalue weighted by Gasteiger charge is -2.13. The van der Waals surface area contributed by atoms with Crippen LogP contribution in [0.15, 0.2) is 29.2 Å². The molecule has 0 aromatic heterocycles. The molecule has 0 saturated carbocycles. The van der Waals surface area contributed by atoms with E-state index in [0.717, 1.165) is 0 Å². The highest BCUT2D eigenvalue weighted by atomic mass is 32.2. The molecule has 0 amide bonds. The minimum atomic E-state index is -4.24. The van der Waals surface area contributed by atoms with Crippen molar-refractivity contribution in [1.82, 2.24) is 0 Å². The smallest absolute Gasteiger partial charge is 0.327 e. The van der Waals surface area contributed by atoms with Crippen molar-refractivity contribution < 1.29 is 22.5 Å².